The lowest BCUT2D eigenvalue weighted by atomic mass is 10.1. The minimum Gasteiger partial charge on any atom is -0.356 e. The van der Waals surface area contributed by atoms with Gasteiger partial charge in [-0.25, -0.2) is 9.97 Å². The predicted octanol–water partition coefficient (Wildman–Crippen LogP) is 3.08. The monoisotopic (exact) mass is 341 g/mol. The van der Waals surface area contributed by atoms with E-state index in [4.69, 9.17) is 17.2 Å². The van der Waals surface area contributed by atoms with Gasteiger partial charge < -0.3 is 9.88 Å². The molecule has 126 valence electrons. The van der Waals surface area contributed by atoms with Crippen molar-refractivity contribution in [2.45, 2.75) is 38.8 Å². The fraction of sp³-hybridized carbons (Fsp3) is 0.500. The van der Waals surface area contributed by atoms with Crippen molar-refractivity contribution in [2.24, 2.45) is 0 Å². The molecular weight excluding hydrogens is 318 g/mol. The highest BCUT2D eigenvalue weighted by Crippen LogP contribution is 2.25. The number of H-pyrrole nitrogens is 1. The van der Waals surface area contributed by atoms with Crippen LogP contribution in [0.15, 0.2) is 24.5 Å². The molecule has 1 saturated heterocycles. The number of aromatic amines is 1. The maximum Gasteiger partial charge on any atom is 0.196 e. The standard InChI is InChI=1S/C18H23N5S/c24-18-20-11-15-13-22(10-6-16(15)21-18)12-14-5-4-7-19-17(14)23-8-2-1-3-9-23/h4-5,7,11H,1-3,6,8-10,12-13H2,(H,20,21,24). The largest absolute Gasteiger partial charge is 0.356 e. The van der Waals surface area contributed by atoms with Crippen molar-refractivity contribution in [1.82, 2.24) is 19.9 Å². The van der Waals surface area contributed by atoms with Crippen LogP contribution >= 0.6 is 12.2 Å². The maximum absolute atomic E-state index is 5.13. The summed E-state index contributed by atoms with van der Waals surface area (Å²) in [4.78, 5) is 17.1. The molecule has 0 unspecified atom stereocenters. The van der Waals surface area contributed by atoms with Crippen LogP contribution in [0, 0.1) is 4.77 Å². The van der Waals surface area contributed by atoms with Gasteiger partial charge in [0.2, 0.25) is 0 Å². The first-order valence-corrected chi connectivity index (χ1v) is 9.19. The second-order valence-electron chi connectivity index (χ2n) is 6.69. The van der Waals surface area contributed by atoms with E-state index in [1.807, 2.05) is 12.4 Å². The van der Waals surface area contributed by atoms with E-state index < -0.39 is 0 Å². The van der Waals surface area contributed by atoms with Crippen molar-refractivity contribution in [3.05, 3.63) is 46.1 Å². The topological polar surface area (TPSA) is 48.1 Å². The molecule has 2 aromatic heterocycles. The number of hydrogen-bond donors (Lipinski definition) is 1. The van der Waals surface area contributed by atoms with Crippen molar-refractivity contribution < 1.29 is 0 Å². The Morgan fingerprint density at radius 2 is 2.00 bits per heavy atom. The van der Waals surface area contributed by atoms with Gasteiger partial charge in [0.1, 0.15) is 5.82 Å². The zero-order valence-corrected chi connectivity index (χ0v) is 14.7. The van der Waals surface area contributed by atoms with Crippen LogP contribution in [0.2, 0.25) is 0 Å². The molecule has 2 aromatic rings. The van der Waals surface area contributed by atoms with Crippen molar-refractivity contribution in [3.8, 4) is 0 Å². The van der Waals surface area contributed by atoms with Gasteiger partial charge in [-0.15, -0.1) is 0 Å². The molecule has 2 aliphatic rings. The van der Waals surface area contributed by atoms with Crippen LogP contribution in [-0.2, 0) is 19.5 Å². The molecule has 0 radical (unpaired) electrons. The van der Waals surface area contributed by atoms with Crippen molar-refractivity contribution in [3.63, 3.8) is 0 Å². The summed E-state index contributed by atoms with van der Waals surface area (Å²) in [6, 6.07) is 4.28. The van der Waals surface area contributed by atoms with Crippen molar-refractivity contribution in [2.75, 3.05) is 24.5 Å². The molecule has 0 atom stereocenters. The van der Waals surface area contributed by atoms with Crippen LogP contribution in [0.3, 0.4) is 0 Å². The second kappa shape index (κ2) is 6.99. The van der Waals surface area contributed by atoms with E-state index in [0.29, 0.717) is 4.77 Å². The summed E-state index contributed by atoms with van der Waals surface area (Å²) < 4.78 is 0.585. The molecule has 2 aliphatic heterocycles. The van der Waals surface area contributed by atoms with E-state index in [1.165, 1.54) is 41.9 Å². The number of rotatable bonds is 3. The maximum atomic E-state index is 5.13. The highest BCUT2D eigenvalue weighted by Gasteiger charge is 2.20. The van der Waals surface area contributed by atoms with Crippen LogP contribution in [0.1, 0.15) is 36.1 Å². The fourth-order valence-corrected chi connectivity index (χ4v) is 3.90. The second-order valence-corrected chi connectivity index (χ2v) is 7.07. The Hall–Kier alpha value is -1.79. The van der Waals surface area contributed by atoms with Gasteiger partial charge in [-0.2, -0.15) is 0 Å². The zero-order valence-electron chi connectivity index (χ0n) is 13.9. The van der Waals surface area contributed by atoms with Gasteiger partial charge in [0.25, 0.3) is 0 Å². The molecule has 4 rings (SSSR count). The number of fused-ring (bicyclic) bond motifs is 1. The van der Waals surface area contributed by atoms with E-state index in [9.17, 15) is 0 Å². The lowest BCUT2D eigenvalue weighted by molar-refractivity contribution is 0.242. The molecule has 0 aliphatic carbocycles. The van der Waals surface area contributed by atoms with Crippen LogP contribution in [0.25, 0.3) is 0 Å². The zero-order chi connectivity index (χ0) is 16.4. The highest BCUT2D eigenvalue weighted by atomic mass is 32.1. The van der Waals surface area contributed by atoms with Gasteiger partial charge >= 0.3 is 0 Å². The molecule has 0 aromatic carbocycles. The third kappa shape index (κ3) is 3.35. The third-order valence-electron chi connectivity index (χ3n) is 4.97. The predicted molar refractivity (Wildman–Crippen MR) is 97.5 cm³/mol. The first-order valence-electron chi connectivity index (χ1n) is 8.78. The smallest absolute Gasteiger partial charge is 0.196 e. The summed E-state index contributed by atoms with van der Waals surface area (Å²) in [5.74, 6) is 1.17. The molecule has 1 fully saturated rings. The van der Waals surface area contributed by atoms with Crippen molar-refractivity contribution >= 4 is 18.0 Å². The average Bonchev–Trinajstić information content (AvgIpc) is 2.63. The van der Waals surface area contributed by atoms with Crippen LogP contribution in [0.5, 0.6) is 0 Å². The fourth-order valence-electron chi connectivity index (χ4n) is 3.73. The molecule has 24 heavy (non-hydrogen) atoms. The summed E-state index contributed by atoms with van der Waals surface area (Å²) in [5, 5.41) is 0. The van der Waals surface area contributed by atoms with E-state index in [1.54, 1.807) is 0 Å². The summed E-state index contributed by atoms with van der Waals surface area (Å²) in [6.45, 7) is 5.16. The van der Waals surface area contributed by atoms with Crippen LogP contribution in [0.4, 0.5) is 5.82 Å². The molecule has 0 saturated carbocycles. The van der Waals surface area contributed by atoms with E-state index in [-0.39, 0.29) is 0 Å². The Bertz CT molecular complexity index is 766. The van der Waals surface area contributed by atoms with Gasteiger partial charge in [0.05, 0.1) is 0 Å². The number of hydrogen-bond acceptors (Lipinski definition) is 5. The minimum absolute atomic E-state index is 0.585. The van der Waals surface area contributed by atoms with Gasteiger partial charge in [0, 0.05) is 68.4 Å². The van der Waals surface area contributed by atoms with Gasteiger partial charge in [0.15, 0.2) is 4.77 Å². The molecule has 0 amide bonds. The normalized spacial score (nSPS) is 18.4. The molecule has 4 heterocycles. The van der Waals surface area contributed by atoms with E-state index in [0.717, 1.165) is 39.1 Å². The average molecular weight is 341 g/mol. The molecule has 0 spiro atoms. The Morgan fingerprint density at radius 3 is 2.88 bits per heavy atom. The summed E-state index contributed by atoms with van der Waals surface area (Å²) in [6.07, 6.45) is 8.74. The van der Waals surface area contributed by atoms with Crippen molar-refractivity contribution in [1.29, 1.82) is 0 Å². The lowest BCUT2D eigenvalue weighted by Crippen LogP contribution is -2.34. The SMILES string of the molecule is S=c1ncc2c([nH]1)CCN(Cc1cccnc1N1CCCCC1)C2. The number of aromatic nitrogens is 3. The first-order chi connectivity index (χ1) is 11.8. The van der Waals surface area contributed by atoms with Gasteiger partial charge in [-0.05, 0) is 37.5 Å². The quantitative estimate of drug-likeness (QED) is 0.870. The first kappa shape index (κ1) is 15.7. The van der Waals surface area contributed by atoms with Gasteiger partial charge in [-0.3, -0.25) is 4.90 Å². The Balaban J connectivity index is 1.52. The number of nitrogens with one attached hydrogen (secondary N) is 1. The lowest BCUT2D eigenvalue weighted by Gasteiger charge is -2.32. The van der Waals surface area contributed by atoms with E-state index in [2.05, 4.69) is 31.9 Å². The molecular formula is C18H23N5S. The Kier molecular flexibility index (Phi) is 4.58. The molecule has 6 heteroatoms. The Labute approximate surface area is 147 Å². The van der Waals surface area contributed by atoms with Crippen LogP contribution in [-0.4, -0.2) is 39.5 Å². The molecule has 0 bridgehead atoms. The van der Waals surface area contributed by atoms with Gasteiger partial charge in [-0.1, -0.05) is 6.07 Å². The summed E-state index contributed by atoms with van der Waals surface area (Å²) >= 11 is 5.13. The third-order valence-corrected chi connectivity index (χ3v) is 5.18. The molecule has 5 nitrogen and oxygen atoms in total. The molecule has 1 N–H and O–H groups in total. The van der Waals surface area contributed by atoms with Crippen LogP contribution < -0.4 is 4.90 Å². The van der Waals surface area contributed by atoms with E-state index >= 15 is 0 Å². The Morgan fingerprint density at radius 1 is 1.12 bits per heavy atom. The summed E-state index contributed by atoms with van der Waals surface area (Å²) in [5.41, 5.74) is 3.84. The highest BCUT2D eigenvalue weighted by molar-refractivity contribution is 7.71. The summed E-state index contributed by atoms with van der Waals surface area (Å²) in [7, 11) is 0. The number of anilines is 1. The number of piperidine rings is 1. The number of nitrogens with zero attached hydrogens (tertiary/aromatic N) is 4. The number of pyridine rings is 1. The minimum atomic E-state index is 0.585.